The van der Waals surface area contributed by atoms with Crippen molar-refractivity contribution in [1.82, 2.24) is 0 Å². The van der Waals surface area contributed by atoms with Crippen LogP contribution in [0.3, 0.4) is 0 Å². The largest absolute Gasteiger partial charge is 0.337 e. The van der Waals surface area contributed by atoms with E-state index in [1.165, 1.54) is 14.2 Å². The molecule has 88 valence electrons. The predicted molar refractivity (Wildman–Crippen MR) is 60.3 cm³/mol. The summed E-state index contributed by atoms with van der Waals surface area (Å²) in [5, 5.41) is 0.643. The van der Waals surface area contributed by atoms with E-state index in [1.54, 1.807) is 13.0 Å². The van der Waals surface area contributed by atoms with Crippen molar-refractivity contribution < 1.29 is 18.4 Å². The molecule has 0 aliphatic rings. The van der Waals surface area contributed by atoms with Crippen LogP contribution >= 0.6 is 19.2 Å². The second kappa shape index (κ2) is 7.18. The molecule has 0 unspecified atom stereocenters. The van der Waals surface area contributed by atoms with Crippen LogP contribution in [0, 0.1) is 0 Å². The molecule has 0 aromatic rings. The third-order valence-electron chi connectivity index (χ3n) is 1.78. The molecular formula is C9H16ClO4P. The van der Waals surface area contributed by atoms with Crippen molar-refractivity contribution in [2.24, 2.45) is 0 Å². The van der Waals surface area contributed by atoms with E-state index in [0.717, 1.165) is 0 Å². The molecule has 0 atom stereocenters. The Morgan fingerprint density at radius 3 is 2.33 bits per heavy atom. The van der Waals surface area contributed by atoms with Crippen LogP contribution in [0.2, 0.25) is 0 Å². The van der Waals surface area contributed by atoms with Gasteiger partial charge in [0, 0.05) is 25.7 Å². The van der Waals surface area contributed by atoms with Crippen LogP contribution < -0.4 is 0 Å². The average Bonchev–Trinajstić information content (AvgIpc) is 2.17. The Bertz CT molecular complexity index is 276. The third kappa shape index (κ3) is 6.85. The lowest BCUT2D eigenvalue weighted by Gasteiger charge is -2.11. The van der Waals surface area contributed by atoms with E-state index in [4.69, 9.17) is 11.6 Å². The molecule has 0 heterocycles. The van der Waals surface area contributed by atoms with Gasteiger partial charge in [-0.2, -0.15) is 0 Å². The van der Waals surface area contributed by atoms with E-state index in [2.05, 4.69) is 9.05 Å². The minimum absolute atomic E-state index is 0.156. The molecule has 15 heavy (non-hydrogen) atoms. The number of hydrogen-bond donors (Lipinski definition) is 0. The van der Waals surface area contributed by atoms with Crippen LogP contribution in [0.25, 0.3) is 0 Å². The van der Waals surface area contributed by atoms with Gasteiger partial charge in [0.1, 0.15) is 11.9 Å². The van der Waals surface area contributed by atoms with Gasteiger partial charge in [0.2, 0.25) is 0 Å². The van der Waals surface area contributed by atoms with Crippen LogP contribution in [-0.2, 0) is 18.4 Å². The quantitative estimate of drug-likeness (QED) is 0.656. The minimum Gasteiger partial charge on any atom is -0.312 e. The molecule has 0 saturated heterocycles. The average molecular weight is 255 g/mol. The normalized spacial score (nSPS) is 12.9. The number of ketones is 1. The molecule has 0 aromatic heterocycles. The lowest BCUT2D eigenvalue weighted by atomic mass is 10.2. The second-order valence-electron chi connectivity index (χ2n) is 3.00. The smallest absolute Gasteiger partial charge is 0.312 e. The van der Waals surface area contributed by atoms with Crippen LogP contribution in [-0.4, -0.2) is 26.2 Å². The van der Waals surface area contributed by atoms with E-state index in [-0.39, 0.29) is 11.9 Å². The molecule has 0 fully saturated rings. The summed E-state index contributed by atoms with van der Waals surface area (Å²) in [5.74, 6) is -0.156. The van der Waals surface area contributed by atoms with Gasteiger partial charge in [-0.15, -0.1) is 0 Å². The Morgan fingerprint density at radius 1 is 1.40 bits per heavy atom. The molecule has 0 N–H and O–H groups in total. The van der Waals surface area contributed by atoms with Gasteiger partial charge in [0.25, 0.3) is 0 Å². The van der Waals surface area contributed by atoms with Gasteiger partial charge < -0.3 is 9.05 Å². The first-order chi connectivity index (χ1) is 6.93. The number of Topliss-reactive ketones (excluding diaryl/α,β-unsaturated/α-hetero) is 1. The minimum atomic E-state index is -3.20. The van der Waals surface area contributed by atoms with Crippen molar-refractivity contribution in [1.29, 1.82) is 0 Å². The zero-order valence-electron chi connectivity index (χ0n) is 9.16. The summed E-state index contributed by atoms with van der Waals surface area (Å²) in [6.07, 6.45) is 2.39. The van der Waals surface area contributed by atoms with E-state index in [0.29, 0.717) is 17.9 Å². The summed E-state index contributed by atoms with van der Waals surface area (Å²) in [4.78, 5) is 11.4. The van der Waals surface area contributed by atoms with Crippen molar-refractivity contribution in [2.45, 2.75) is 19.8 Å². The molecule has 0 aromatic carbocycles. The Kier molecular flexibility index (Phi) is 7.11. The van der Waals surface area contributed by atoms with Gasteiger partial charge in [0.05, 0.1) is 0 Å². The zero-order valence-corrected chi connectivity index (χ0v) is 10.8. The molecule has 0 spiro atoms. The highest BCUT2D eigenvalue weighted by Crippen LogP contribution is 2.46. The summed E-state index contributed by atoms with van der Waals surface area (Å²) in [6, 6.07) is 0. The monoisotopic (exact) mass is 254 g/mol. The summed E-state index contributed by atoms with van der Waals surface area (Å²) < 4.78 is 20.9. The Labute approximate surface area is 95.1 Å². The fraction of sp³-hybridized carbons (Fsp3) is 0.667. The fourth-order valence-corrected chi connectivity index (χ4v) is 2.04. The van der Waals surface area contributed by atoms with Gasteiger partial charge in [-0.1, -0.05) is 17.7 Å². The number of carbonyl (C=O) groups is 1. The highest BCUT2D eigenvalue weighted by Gasteiger charge is 2.24. The molecule has 6 heteroatoms. The van der Waals surface area contributed by atoms with Crippen LogP contribution in [0.4, 0.5) is 0 Å². The van der Waals surface area contributed by atoms with Crippen molar-refractivity contribution in [2.75, 3.05) is 20.4 Å². The highest BCUT2D eigenvalue weighted by molar-refractivity contribution is 7.54. The van der Waals surface area contributed by atoms with E-state index < -0.39 is 7.60 Å². The van der Waals surface area contributed by atoms with E-state index in [9.17, 15) is 9.36 Å². The first-order valence-corrected chi connectivity index (χ1v) is 6.58. The first-order valence-electron chi connectivity index (χ1n) is 4.48. The first kappa shape index (κ1) is 14.8. The zero-order chi connectivity index (χ0) is 11.9. The van der Waals surface area contributed by atoms with E-state index >= 15 is 0 Å². The number of rotatable bonds is 7. The molecule has 0 radical (unpaired) electrons. The molecule has 0 bridgehead atoms. The lowest BCUT2D eigenvalue weighted by Crippen LogP contribution is -2.07. The van der Waals surface area contributed by atoms with Crippen molar-refractivity contribution in [3.8, 4) is 0 Å². The maximum Gasteiger partial charge on any atom is 0.337 e. The number of halogens is 1. The van der Waals surface area contributed by atoms with Crippen LogP contribution in [0.15, 0.2) is 11.1 Å². The van der Waals surface area contributed by atoms with E-state index in [1.807, 2.05) is 0 Å². The maximum absolute atomic E-state index is 11.6. The number of carbonyl (C=O) groups excluding carboxylic acids is 1. The fourth-order valence-electron chi connectivity index (χ4n) is 0.931. The number of allylic oxidation sites excluding steroid dienone is 2. The SMILES string of the molecule is COP(=O)(CC(=O)CC/C=C(\C)Cl)OC. The molecule has 0 aliphatic heterocycles. The van der Waals surface area contributed by atoms with Crippen LogP contribution in [0.1, 0.15) is 19.8 Å². The topological polar surface area (TPSA) is 52.6 Å². The van der Waals surface area contributed by atoms with Crippen molar-refractivity contribution >= 4 is 25.0 Å². The number of hydrogen-bond acceptors (Lipinski definition) is 4. The standard InChI is InChI=1S/C9H16ClO4P/c1-8(10)5-4-6-9(11)7-15(12,13-2)14-3/h5H,4,6-7H2,1-3H3/b8-5+. The van der Waals surface area contributed by atoms with Gasteiger partial charge in [-0.3, -0.25) is 9.36 Å². The molecular weight excluding hydrogens is 239 g/mol. The van der Waals surface area contributed by atoms with Crippen LogP contribution in [0.5, 0.6) is 0 Å². The van der Waals surface area contributed by atoms with Gasteiger partial charge >= 0.3 is 7.60 Å². The summed E-state index contributed by atoms with van der Waals surface area (Å²) in [6.45, 7) is 1.74. The van der Waals surface area contributed by atoms with Crippen molar-refractivity contribution in [3.63, 3.8) is 0 Å². The molecule has 4 nitrogen and oxygen atoms in total. The molecule has 0 saturated carbocycles. The molecule has 0 rings (SSSR count). The van der Waals surface area contributed by atoms with Gasteiger partial charge in [0.15, 0.2) is 0 Å². The second-order valence-corrected chi connectivity index (χ2v) is 5.87. The molecule has 0 aliphatic carbocycles. The Morgan fingerprint density at radius 2 is 1.93 bits per heavy atom. The maximum atomic E-state index is 11.6. The Hall–Kier alpha value is -0.150. The van der Waals surface area contributed by atoms with Crippen molar-refractivity contribution in [3.05, 3.63) is 11.1 Å². The van der Waals surface area contributed by atoms with Gasteiger partial charge in [-0.05, 0) is 13.3 Å². The highest BCUT2D eigenvalue weighted by atomic mass is 35.5. The lowest BCUT2D eigenvalue weighted by molar-refractivity contribution is -0.116. The summed E-state index contributed by atoms with van der Waals surface area (Å²) in [5.41, 5.74) is 0. The van der Waals surface area contributed by atoms with Gasteiger partial charge in [-0.25, -0.2) is 0 Å². The third-order valence-corrected chi connectivity index (χ3v) is 3.78. The predicted octanol–water partition coefficient (Wildman–Crippen LogP) is 2.96. The molecule has 0 amide bonds. The Balaban J connectivity index is 4.04. The summed E-state index contributed by atoms with van der Waals surface area (Å²) in [7, 11) is -0.676. The summed E-state index contributed by atoms with van der Waals surface area (Å²) >= 11 is 5.59.